The van der Waals surface area contributed by atoms with Crippen LogP contribution in [-0.4, -0.2) is 33.8 Å². The quantitative estimate of drug-likeness (QED) is 0.763. The molecule has 7 heteroatoms. The maximum atomic E-state index is 12.7. The molecule has 0 aliphatic rings. The van der Waals surface area contributed by atoms with Gasteiger partial charge >= 0.3 is 0 Å². The normalized spacial score (nSPS) is 10.5. The van der Waals surface area contributed by atoms with Gasteiger partial charge < -0.3 is 15.2 Å². The van der Waals surface area contributed by atoms with Crippen LogP contribution in [0.4, 0.5) is 10.1 Å². The number of aromatic nitrogens is 3. The molecule has 0 aliphatic heterocycles. The van der Waals surface area contributed by atoms with Gasteiger partial charge in [0.1, 0.15) is 18.0 Å². The summed E-state index contributed by atoms with van der Waals surface area (Å²) in [5.74, 6) is 0.357. The third-order valence-electron chi connectivity index (χ3n) is 2.74. The zero-order valence-electron chi connectivity index (χ0n) is 11.1. The molecular weight excluding hydrogens is 261 g/mol. The monoisotopic (exact) mass is 277 g/mol. The number of nitrogens with zero attached hydrogens (tertiary/aromatic N) is 3. The maximum absolute atomic E-state index is 12.7. The molecule has 0 saturated heterocycles. The number of hydrogen-bond donors (Lipinski definition) is 2. The van der Waals surface area contributed by atoms with Crippen LogP contribution in [0.15, 0.2) is 30.6 Å². The Morgan fingerprint density at radius 1 is 1.35 bits per heavy atom. The Hall–Kier alpha value is -2.28. The van der Waals surface area contributed by atoms with Crippen LogP contribution in [0, 0.1) is 5.82 Å². The predicted octanol–water partition coefficient (Wildman–Crippen LogP) is 0.725. The summed E-state index contributed by atoms with van der Waals surface area (Å²) < 4.78 is 14.5. The smallest absolute Gasteiger partial charge is 0.238 e. The Balaban J connectivity index is 1.68. The Labute approximate surface area is 116 Å². The van der Waals surface area contributed by atoms with Gasteiger partial charge in [-0.3, -0.25) is 4.79 Å². The maximum Gasteiger partial charge on any atom is 0.238 e. The minimum Gasteiger partial charge on any atom is -0.325 e. The molecule has 20 heavy (non-hydrogen) atoms. The number of aryl methyl sites for hydroxylation is 1. The molecule has 2 aromatic rings. The van der Waals surface area contributed by atoms with Gasteiger partial charge in [-0.1, -0.05) is 0 Å². The van der Waals surface area contributed by atoms with Crippen molar-refractivity contribution in [3.05, 3.63) is 42.2 Å². The molecule has 1 heterocycles. The fourth-order valence-electron chi connectivity index (χ4n) is 1.67. The van der Waals surface area contributed by atoms with Crippen molar-refractivity contribution in [2.24, 2.45) is 7.05 Å². The minimum atomic E-state index is -0.329. The van der Waals surface area contributed by atoms with E-state index in [-0.39, 0.29) is 18.3 Å². The minimum absolute atomic E-state index is 0.172. The molecule has 0 unspecified atom stereocenters. The summed E-state index contributed by atoms with van der Waals surface area (Å²) in [6.45, 7) is 0.818. The second-order valence-corrected chi connectivity index (χ2v) is 4.34. The molecule has 2 rings (SSSR count). The van der Waals surface area contributed by atoms with Crippen molar-refractivity contribution in [3.63, 3.8) is 0 Å². The molecule has 6 nitrogen and oxygen atoms in total. The van der Waals surface area contributed by atoms with Crippen molar-refractivity contribution >= 4 is 11.6 Å². The van der Waals surface area contributed by atoms with Crippen molar-refractivity contribution in [3.8, 4) is 0 Å². The number of nitrogens with one attached hydrogen (secondary N) is 2. The van der Waals surface area contributed by atoms with Crippen molar-refractivity contribution in [2.75, 3.05) is 18.4 Å². The van der Waals surface area contributed by atoms with E-state index >= 15 is 0 Å². The molecule has 0 fully saturated rings. The molecule has 0 saturated carbocycles. The van der Waals surface area contributed by atoms with Gasteiger partial charge in [0.05, 0.1) is 6.54 Å². The van der Waals surface area contributed by atoms with Crippen LogP contribution in [0.25, 0.3) is 0 Å². The highest BCUT2D eigenvalue weighted by molar-refractivity contribution is 5.92. The zero-order chi connectivity index (χ0) is 14.4. The topological polar surface area (TPSA) is 71.8 Å². The Kier molecular flexibility index (Phi) is 4.78. The van der Waals surface area contributed by atoms with Gasteiger partial charge in [0.15, 0.2) is 0 Å². The van der Waals surface area contributed by atoms with Crippen molar-refractivity contribution in [1.82, 2.24) is 20.1 Å². The molecule has 2 N–H and O–H groups in total. The van der Waals surface area contributed by atoms with Crippen LogP contribution >= 0.6 is 0 Å². The molecule has 0 bridgehead atoms. The van der Waals surface area contributed by atoms with Gasteiger partial charge in [0.2, 0.25) is 5.91 Å². The highest BCUT2D eigenvalue weighted by atomic mass is 19.1. The Bertz CT molecular complexity index is 566. The highest BCUT2D eigenvalue weighted by Crippen LogP contribution is 2.07. The summed E-state index contributed by atoms with van der Waals surface area (Å²) in [4.78, 5) is 11.6. The lowest BCUT2D eigenvalue weighted by Gasteiger charge is -2.06. The van der Waals surface area contributed by atoms with E-state index in [0.29, 0.717) is 18.7 Å². The van der Waals surface area contributed by atoms with Crippen LogP contribution < -0.4 is 10.6 Å². The molecule has 0 atom stereocenters. The van der Waals surface area contributed by atoms with Crippen molar-refractivity contribution < 1.29 is 9.18 Å². The first-order chi connectivity index (χ1) is 9.65. The van der Waals surface area contributed by atoms with Crippen molar-refractivity contribution in [1.29, 1.82) is 0 Å². The van der Waals surface area contributed by atoms with E-state index < -0.39 is 0 Å². The summed E-state index contributed by atoms with van der Waals surface area (Å²) in [5.41, 5.74) is 0.575. The number of hydrogen-bond acceptors (Lipinski definition) is 4. The number of amides is 1. The fourth-order valence-corrected chi connectivity index (χ4v) is 1.67. The van der Waals surface area contributed by atoms with Gasteiger partial charge in [0.25, 0.3) is 0 Å². The lowest BCUT2D eigenvalue weighted by molar-refractivity contribution is -0.115. The van der Waals surface area contributed by atoms with Gasteiger partial charge in [-0.25, -0.2) is 4.39 Å². The molecule has 0 spiro atoms. The SMILES string of the molecule is Cn1cnnc1CCNCC(=O)Nc1ccc(F)cc1. The first-order valence-corrected chi connectivity index (χ1v) is 6.24. The average molecular weight is 277 g/mol. The summed E-state index contributed by atoms with van der Waals surface area (Å²) in [7, 11) is 1.87. The van der Waals surface area contributed by atoms with Crippen LogP contribution in [0.1, 0.15) is 5.82 Å². The molecule has 1 aromatic heterocycles. The summed E-state index contributed by atoms with van der Waals surface area (Å²) in [6, 6.07) is 5.65. The van der Waals surface area contributed by atoms with E-state index in [1.54, 1.807) is 6.33 Å². The molecule has 1 amide bonds. The highest BCUT2D eigenvalue weighted by Gasteiger charge is 2.03. The largest absolute Gasteiger partial charge is 0.325 e. The predicted molar refractivity (Wildman–Crippen MR) is 72.6 cm³/mol. The van der Waals surface area contributed by atoms with E-state index in [1.807, 2.05) is 11.6 Å². The number of anilines is 1. The molecular formula is C13H16FN5O. The standard InChI is InChI=1S/C13H16FN5O/c1-19-9-16-18-12(19)6-7-15-8-13(20)17-11-4-2-10(14)3-5-11/h2-5,9,15H,6-8H2,1H3,(H,17,20). The average Bonchev–Trinajstić information content (AvgIpc) is 2.83. The Morgan fingerprint density at radius 3 is 2.75 bits per heavy atom. The van der Waals surface area contributed by atoms with Crippen LogP contribution in [-0.2, 0) is 18.3 Å². The number of halogens is 1. The summed E-state index contributed by atoms with van der Waals surface area (Å²) >= 11 is 0. The van der Waals surface area contributed by atoms with E-state index in [9.17, 15) is 9.18 Å². The lowest BCUT2D eigenvalue weighted by Crippen LogP contribution is -2.29. The third-order valence-corrected chi connectivity index (χ3v) is 2.74. The first-order valence-electron chi connectivity index (χ1n) is 6.24. The van der Waals surface area contributed by atoms with Crippen LogP contribution in [0.5, 0.6) is 0 Å². The van der Waals surface area contributed by atoms with E-state index in [2.05, 4.69) is 20.8 Å². The van der Waals surface area contributed by atoms with Gasteiger partial charge in [-0.15, -0.1) is 10.2 Å². The number of carbonyl (C=O) groups excluding carboxylic acids is 1. The molecule has 0 radical (unpaired) electrons. The number of carbonyl (C=O) groups is 1. The Morgan fingerprint density at radius 2 is 2.10 bits per heavy atom. The third kappa shape index (κ3) is 4.13. The fraction of sp³-hybridized carbons (Fsp3) is 0.308. The summed E-state index contributed by atoms with van der Waals surface area (Å²) in [6.07, 6.45) is 2.33. The van der Waals surface area contributed by atoms with Crippen LogP contribution in [0.3, 0.4) is 0 Å². The molecule has 1 aromatic carbocycles. The number of benzene rings is 1. The first kappa shape index (κ1) is 14.1. The van der Waals surface area contributed by atoms with Gasteiger partial charge in [0, 0.05) is 25.7 Å². The molecule has 0 aliphatic carbocycles. The zero-order valence-corrected chi connectivity index (χ0v) is 11.1. The lowest BCUT2D eigenvalue weighted by atomic mass is 10.3. The van der Waals surface area contributed by atoms with Gasteiger partial charge in [-0.2, -0.15) is 0 Å². The van der Waals surface area contributed by atoms with E-state index in [0.717, 1.165) is 5.82 Å². The van der Waals surface area contributed by atoms with E-state index in [1.165, 1.54) is 24.3 Å². The van der Waals surface area contributed by atoms with Crippen molar-refractivity contribution in [2.45, 2.75) is 6.42 Å². The molecule has 106 valence electrons. The van der Waals surface area contributed by atoms with Gasteiger partial charge in [-0.05, 0) is 24.3 Å². The summed E-state index contributed by atoms with van der Waals surface area (Å²) in [5, 5.41) is 13.4. The number of rotatable bonds is 6. The second kappa shape index (κ2) is 6.76. The second-order valence-electron chi connectivity index (χ2n) is 4.34. The van der Waals surface area contributed by atoms with E-state index in [4.69, 9.17) is 0 Å². The van der Waals surface area contributed by atoms with Crippen LogP contribution in [0.2, 0.25) is 0 Å².